The first-order valence-electron chi connectivity index (χ1n) is 9.89. The van der Waals surface area contributed by atoms with Gasteiger partial charge in [0.2, 0.25) is 0 Å². The van der Waals surface area contributed by atoms with Gasteiger partial charge >= 0.3 is 0 Å². The monoisotopic (exact) mass is 404 g/mol. The number of fused-ring (bicyclic) bond motifs is 1. The molecule has 0 spiro atoms. The third-order valence-electron chi connectivity index (χ3n) is 5.41. The van der Waals surface area contributed by atoms with E-state index in [2.05, 4.69) is 16.8 Å². The van der Waals surface area contributed by atoms with Crippen molar-refractivity contribution in [2.24, 2.45) is 0 Å². The fourth-order valence-electron chi connectivity index (χ4n) is 3.84. The molecule has 0 saturated carbocycles. The molecule has 0 aliphatic carbocycles. The Balaban J connectivity index is 1.70. The van der Waals surface area contributed by atoms with Crippen LogP contribution in [0.25, 0.3) is 16.6 Å². The molecule has 0 atom stereocenters. The molecule has 0 bridgehead atoms. The van der Waals surface area contributed by atoms with Gasteiger partial charge in [0.15, 0.2) is 11.6 Å². The van der Waals surface area contributed by atoms with Gasteiger partial charge in [0.05, 0.1) is 19.7 Å². The first-order chi connectivity index (χ1) is 14.6. The highest BCUT2D eigenvalue weighted by Crippen LogP contribution is 2.33. The largest absolute Gasteiger partial charge is 0.497 e. The van der Waals surface area contributed by atoms with E-state index >= 15 is 0 Å². The Morgan fingerprint density at radius 3 is 2.30 bits per heavy atom. The van der Waals surface area contributed by atoms with Crippen molar-refractivity contribution in [2.45, 2.75) is 20.0 Å². The molecule has 30 heavy (non-hydrogen) atoms. The van der Waals surface area contributed by atoms with Crippen LogP contribution in [-0.2, 0) is 13.1 Å². The van der Waals surface area contributed by atoms with Crippen LogP contribution in [-0.4, -0.2) is 18.8 Å². The highest BCUT2D eigenvalue weighted by Gasteiger charge is 2.18. The maximum absolute atomic E-state index is 14.5. The molecule has 0 aliphatic rings. The maximum atomic E-state index is 14.5. The normalized spacial score (nSPS) is 11.1. The number of hydrogen-bond acceptors (Lipinski definition) is 3. The van der Waals surface area contributed by atoms with Crippen LogP contribution in [0, 0.1) is 12.7 Å². The van der Waals surface area contributed by atoms with E-state index in [0.29, 0.717) is 6.54 Å². The van der Waals surface area contributed by atoms with Gasteiger partial charge in [-0.1, -0.05) is 30.3 Å². The standard InChI is InChI=1S/C25H25FN2O2/c1-17-22(16-27-15-18-9-11-20(29-2)12-10-18)21-13-25(30-3)23(26)14-24(21)28(17)19-7-5-4-6-8-19/h4-14,27H,15-16H2,1-3H3. The molecule has 154 valence electrons. The predicted molar refractivity (Wildman–Crippen MR) is 118 cm³/mol. The smallest absolute Gasteiger partial charge is 0.167 e. The van der Waals surface area contributed by atoms with Crippen molar-refractivity contribution in [3.05, 3.63) is 89.4 Å². The molecule has 0 fully saturated rings. The average Bonchev–Trinajstić information content (AvgIpc) is 3.04. The summed E-state index contributed by atoms with van der Waals surface area (Å²) in [6, 6.07) is 21.4. The number of ether oxygens (including phenoxy) is 2. The van der Waals surface area contributed by atoms with Crippen molar-refractivity contribution in [1.29, 1.82) is 0 Å². The lowest BCUT2D eigenvalue weighted by Crippen LogP contribution is -2.13. The Morgan fingerprint density at radius 2 is 1.63 bits per heavy atom. The van der Waals surface area contributed by atoms with Gasteiger partial charge < -0.3 is 19.4 Å². The van der Waals surface area contributed by atoms with Crippen molar-refractivity contribution in [2.75, 3.05) is 14.2 Å². The number of nitrogens with zero attached hydrogens (tertiary/aromatic N) is 1. The fraction of sp³-hybridized carbons (Fsp3) is 0.200. The van der Waals surface area contributed by atoms with E-state index in [-0.39, 0.29) is 11.6 Å². The van der Waals surface area contributed by atoms with Crippen LogP contribution in [0.5, 0.6) is 11.5 Å². The second-order valence-corrected chi connectivity index (χ2v) is 7.19. The molecule has 4 aromatic rings. The molecule has 0 aliphatic heterocycles. The van der Waals surface area contributed by atoms with Gasteiger partial charge in [-0.25, -0.2) is 4.39 Å². The summed E-state index contributed by atoms with van der Waals surface area (Å²) in [6.07, 6.45) is 0. The molecule has 0 unspecified atom stereocenters. The van der Waals surface area contributed by atoms with Crippen LogP contribution in [0.2, 0.25) is 0 Å². The Labute approximate surface area is 175 Å². The topological polar surface area (TPSA) is 35.4 Å². The summed E-state index contributed by atoms with van der Waals surface area (Å²) in [5, 5.41) is 4.50. The molecule has 1 heterocycles. The van der Waals surface area contributed by atoms with Gasteiger partial charge in [0, 0.05) is 35.9 Å². The molecule has 5 heteroatoms. The number of aromatic nitrogens is 1. The van der Waals surface area contributed by atoms with Crippen molar-refractivity contribution >= 4 is 10.9 Å². The SMILES string of the molecule is COc1ccc(CNCc2c(C)n(-c3ccccc3)c3cc(F)c(OC)cc23)cc1. The van der Waals surface area contributed by atoms with Gasteiger partial charge in [-0.2, -0.15) is 0 Å². The fourth-order valence-corrected chi connectivity index (χ4v) is 3.84. The summed E-state index contributed by atoms with van der Waals surface area (Å²) >= 11 is 0. The number of methoxy groups -OCH3 is 2. The Bertz CT molecular complexity index is 1150. The van der Waals surface area contributed by atoms with Gasteiger partial charge in [0.1, 0.15) is 5.75 Å². The van der Waals surface area contributed by atoms with E-state index in [1.54, 1.807) is 19.2 Å². The zero-order chi connectivity index (χ0) is 21.1. The summed E-state index contributed by atoms with van der Waals surface area (Å²) in [5.74, 6) is 0.733. The molecular formula is C25H25FN2O2. The van der Waals surface area contributed by atoms with E-state index < -0.39 is 0 Å². The van der Waals surface area contributed by atoms with Gasteiger partial charge in [-0.15, -0.1) is 0 Å². The molecule has 4 nitrogen and oxygen atoms in total. The molecule has 4 rings (SSSR count). The maximum Gasteiger partial charge on any atom is 0.167 e. The summed E-state index contributed by atoms with van der Waals surface area (Å²) in [5.41, 5.74) is 5.21. The minimum Gasteiger partial charge on any atom is -0.497 e. The van der Waals surface area contributed by atoms with Crippen LogP contribution >= 0.6 is 0 Å². The molecule has 0 saturated heterocycles. The van der Waals surface area contributed by atoms with Crippen molar-refractivity contribution < 1.29 is 13.9 Å². The lowest BCUT2D eigenvalue weighted by Gasteiger charge is -2.10. The molecular weight excluding hydrogens is 379 g/mol. The lowest BCUT2D eigenvalue weighted by molar-refractivity contribution is 0.387. The molecule has 0 amide bonds. The summed E-state index contributed by atoms with van der Waals surface area (Å²) in [6.45, 7) is 3.45. The van der Waals surface area contributed by atoms with Gasteiger partial charge in [-0.05, 0) is 48.4 Å². The number of benzene rings is 3. The van der Waals surface area contributed by atoms with Crippen LogP contribution < -0.4 is 14.8 Å². The van der Waals surface area contributed by atoms with E-state index in [1.807, 2.05) is 54.6 Å². The zero-order valence-electron chi connectivity index (χ0n) is 17.4. The minimum absolute atomic E-state index is 0.254. The van der Waals surface area contributed by atoms with Gasteiger partial charge in [0.25, 0.3) is 0 Å². The molecule has 1 aromatic heterocycles. The highest BCUT2D eigenvalue weighted by molar-refractivity contribution is 5.88. The average molecular weight is 404 g/mol. The molecule has 1 N–H and O–H groups in total. The number of nitrogens with one attached hydrogen (secondary N) is 1. The second-order valence-electron chi connectivity index (χ2n) is 7.19. The van der Waals surface area contributed by atoms with Crippen LogP contribution in [0.15, 0.2) is 66.7 Å². The summed E-state index contributed by atoms with van der Waals surface area (Å²) < 4.78 is 27.1. The van der Waals surface area contributed by atoms with Crippen molar-refractivity contribution in [3.8, 4) is 17.2 Å². The first-order valence-corrected chi connectivity index (χ1v) is 9.89. The van der Waals surface area contributed by atoms with Crippen molar-refractivity contribution in [3.63, 3.8) is 0 Å². The van der Waals surface area contributed by atoms with E-state index in [4.69, 9.17) is 9.47 Å². The Hall–Kier alpha value is -3.31. The van der Waals surface area contributed by atoms with Gasteiger partial charge in [-0.3, -0.25) is 0 Å². The third kappa shape index (κ3) is 3.76. The Morgan fingerprint density at radius 1 is 0.900 bits per heavy atom. The number of hydrogen-bond donors (Lipinski definition) is 1. The second kappa shape index (κ2) is 8.59. The number of halogens is 1. The minimum atomic E-state index is -0.363. The first kappa shape index (κ1) is 20.0. The lowest BCUT2D eigenvalue weighted by atomic mass is 10.1. The van der Waals surface area contributed by atoms with Crippen LogP contribution in [0.4, 0.5) is 4.39 Å². The number of para-hydroxylation sites is 1. The number of rotatable bonds is 7. The Kier molecular flexibility index (Phi) is 5.72. The van der Waals surface area contributed by atoms with Crippen LogP contribution in [0.3, 0.4) is 0 Å². The predicted octanol–water partition coefficient (Wildman–Crippen LogP) is 5.39. The van der Waals surface area contributed by atoms with Crippen molar-refractivity contribution in [1.82, 2.24) is 9.88 Å². The molecule has 3 aromatic carbocycles. The zero-order valence-corrected chi connectivity index (χ0v) is 17.4. The van der Waals surface area contributed by atoms with E-state index in [9.17, 15) is 4.39 Å². The highest BCUT2D eigenvalue weighted by atomic mass is 19.1. The molecule has 0 radical (unpaired) electrons. The van der Waals surface area contributed by atoms with E-state index in [1.165, 1.54) is 12.7 Å². The summed E-state index contributed by atoms with van der Waals surface area (Å²) in [4.78, 5) is 0. The van der Waals surface area contributed by atoms with Crippen LogP contribution in [0.1, 0.15) is 16.8 Å². The van der Waals surface area contributed by atoms with E-state index in [0.717, 1.165) is 40.1 Å². The quantitative estimate of drug-likeness (QED) is 0.449. The third-order valence-corrected chi connectivity index (χ3v) is 5.41. The summed E-state index contributed by atoms with van der Waals surface area (Å²) in [7, 11) is 3.16.